The minimum Gasteiger partial charge on any atom is -0.486 e. The van der Waals surface area contributed by atoms with Crippen LogP contribution in [0.4, 0.5) is 0 Å². The number of halogens is 1. The third kappa shape index (κ3) is 2.95. The zero-order valence-electron chi connectivity index (χ0n) is 8.59. The average molecular weight is 270 g/mol. The van der Waals surface area contributed by atoms with Crippen LogP contribution < -0.4 is 4.74 Å². The fourth-order valence-corrected chi connectivity index (χ4v) is 2.01. The van der Waals surface area contributed by atoms with Crippen molar-refractivity contribution in [1.82, 2.24) is 4.37 Å². The molecule has 0 saturated heterocycles. The van der Waals surface area contributed by atoms with Crippen LogP contribution in [0.1, 0.15) is 15.4 Å². The number of aromatic nitrogens is 1. The van der Waals surface area contributed by atoms with Crippen LogP contribution in [0.25, 0.3) is 0 Å². The van der Waals surface area contributed by atoms with Crippen molar-refractivity contribution in [3.05, 3.63) is 45.9 Å². The van der Waals surface area contributed by atoms with Crippen molar-refractivity contribution < 1.29 is 14.6 Å². The highest BCUT2D eigenvalue weighted by Crippen LogP contribution is 2.24. The molecule has 0 bridgehead atoms. The predicted octanol–water partition coefficient (Wildman–Crippen LogP) is 3.07. The summed E-state index contributed by atoms with van der Waals surface area (Å²) in [7, 11) is 0. The Morgan fingerprint density at radius 3 is 2.88 bits per heavy atom. The minimum atomic E-state index is -1.04. The van der Waals surface area contributed by atoms with E-state index in [1.54, 1.807) is 12.1 Å². The third-order valence-corrected chi connectivity index (χ3v) is 3.06. The molecule has 0 radical (unpaired) electrons. The number of nitrogens with zero attached hydrogens (tertiary/aromatic N) is 1. The SMILES string of the molecule is O=C(O)c1cc(COc2ccccc2Cl)sn1. The van der Waals surface area contributed by atoms with Crippen molar-refractivity contribution in [3.8, 4) is 5.75 Å². The van der Waals surface area contributed by atoms with Crippen molar-refractivity contribution in [2.75, 3.05) is 0 Å². The van der Waals surface area contributed by atoms with Crippen LogP contribution in [-0.2, 0) is 6.61 Å². The number of hydrogen-bond donors (Lipinski definition) is 1. The summed E-state index contributed by atoms with van der Waals surface area (Å²) >= 11 is 7.02. The lowest BCUT2D eigenvalue weighted by Crippen LogP contribution is -1.96. The van der Waals surface area contributed by atoms with Crippen LogP contribution in [0.2, 0.25) is 5.02 Å². The molecule has 6 heteroatoms. The van der Waals surface area contributed by atoms with Crippen molar-refractivity contribution in [3.63, 3.8) is 0 Å². The first kappa shape index (κ1) is 11.9. The van der Waals surface area contributed by atoms with Gasteiger partial charge < -0.3 is 9.84 Å². The van der Waals surface area contributed by atoms with Crippen LogP contribution in [-0.4, -0.2) is 15.4 Å². The molecule has 4 nitrogen and oxygen atoms in total. The summed E-state index contributed by atoms with van der Waals surface area (Å²) in [5.41, 5.74) is 0.0350. The number of benzene rings is 1. The van der Waals surface area contributed by atoms with Gasteiger partial charge in [0.15, 0.2) is 5.69 Å². The van der Waals surface area contributed by atoms with Crippen molar-refractivity contribution >= 4 is 29.1 Å². The Kier molecular flexibility index (Phi) is 3.61. The first-order valence-electron chi connectivity index (χ1n) is 4.73. The Hall–Kier alpha value is -1.59. The zero-order valence-corrected chi connectivity index (χ0v) is 10.2. The number of carboxylic acids is 1. The molecule has 2 aromatic rings. The highest BCUT2D eigenvalue weighted by Gasteiger charge is 2.09. The Bertz CT molecular complexity index is 541. The lowest BCUT2D eigenvalue weighted by molar-refractivity contribution is 0.0692. The summed E-state index contributed by atoms with van der Waals surface area (Å²) in [6, 6.07) is 8.60. The molecule has 0 spiro atoms. The third-order valence-electron chi connectivity index (χ3n) is 1.98. The first-order chi connectivity index (χ1) is 8.16. The minimum absolute atomic E-state index is 0.0350. The lowest BCUT2D eigenvalue weighted by atomic mass is 10.3. The normalized spacial score (nSPS) is 10.2. The largest absolute Gasteiger partial charge is 0.486 e. The van der Waals surface area contributed by atoms with Gasteiger partial charge in [-0.2, -0.15) is 4.37 Å². The zero-order chi connectivity index (χ0) is 12.3. The number of rotatable bonds is 4. The van der Waals surface area contributed by atoms with Gasteiger partial charge in [-0.15, -0.1) is 0 Å². The molecule has 17 heavy (non-hydrogen) atoms. The van der Waals surface area contributed by atoms with Gasteiger partial charge in [0.05, 0.1) is 9.90 Å². The number of aromatic carboxylic acids is 1. The smallest absolute Gasteiger partial charge is 0.355 e. The fourth-order valence-electron chi connectivity index (χ4n) is 1.19. The maximum Gasteiger partial charge on any atom is 0.355 e. The molecule has 0 atom stereocenters. The molecule has 0 unspecified atom stereocenters. The monoisotopic (exact) mass is 269 g/mol. The molecule has 0 saturated carbocycles. The molecular formula is C11H8ClNO3S. The fraction of sp³-hybridized carbons (Fsp3) is 0.0909. The van der Waals surface area contributed by atoms with Gasteiger partial charge in [-0.25, -0.2) is 4.79 Å². The van der Waals surface area contributed by atoms with Gasteiger partial charge in [0.25, 0.3) is 0 Å². The van der Waals surface area contributed by atoms with Crippen molar-refractivity contribution in [1.29, 1.82) is 0 Å². The van der Waals surface area contributed by atoms with E-state index in [1.807, 2.05) is 12.1 Å². The van der Waals surface area contributed by atoms with Gasteiger partial charge in [0, 0.05) is 0 Å². The molecule has 1 N–H and O–H groups in total. The lowest BCUT2D eigenvalue weighted by Gasteiger charge is -2.05. The molecule has 2 rings (SSSR count). The number of hydrogen-bond acceptors (Lipinski definition) is 4. The highest BCUT2D eigenvalue weighted by molar-refractivity contribution is 7.05. The standard InChI is InChI=1S/C11H8ClNO3S/c12-8-3-1-2-4-10(8)16-6-7-5-9(11(14)15)13-17-7/h1-5H,6H2,(H,14,15). The molecular weight excluding hydrogens is 262 g/mol. The molecule has 88 valence electrons. The number of carboxylic acid groups (broad SMARTS) is 1. The molecule has 0 aliphatic rings. The van der Waals surface area contributed by atoms with Gasteiger partial charge in [-0.3, -0.25) is 0 Å². The van der Waals surface area contributed by atoms with Gasteiger partial charge in [0.1, 0.15) is 12.4 Å². The topological polar surface area (TPSA) is 59.4 Å². The number of carbonyl (C=O) groups is 1. The molecule has 1 heterocycles. The van der Waals surface area contributed by atoms with E-state index in [0.717, 1.165) is 16.4 Å². The van der Waals surface area contributed by atoms with Crippen molar-refractivity contribution in [2.45, 2.75) is 6.61 Å². The maximum absolute atomic E-state index is 10.6. The van der Waals surface area contributed by atoms with Crippen LogP contribution in [0.3, 0.4) is 0 Å². The number of ether oxygens (including phenoxy) is 1. The second-order valence-electron chi connectivity index (χ2n) is 3.20. The molecule has 1 aromatic heterocycles. The maximum atomic E-state index is 10.6. The van der Waals surface area contributed by atoms with E-state index in [9.17, 15) is 4.79 Å². The molecule has 1 aromatic carbocycles. The Morgan fingerprint density at radius 2 is 2.24 bits per heavy atom. The van der Waals surface area contributed by atoms with Gasteiger partial charge in [-0.1, -0.05) is 23.7 Å². The second-order valence-corrected chi connectivity index (χ2v) is 4.50. The summed E-state index contributed by atoms with van der Waals surface area (Å²) in [5, 5.41) is 9.23. The predicted molar refractivity (Wildman–Crippen MR) is 64.9 cm³/mol. The van der Waals surface area contributed by atoms with E-state index in [1.165, 1.54) is 6.07 Å². The summed E-state index contributed by atoms with van der Waals surface area (Å²) in [4.78, 5) is 11.4. The van der Waals surface area contributed by atoms with Gasteiger partial charge in [-0.05, 0) is 29.7 Å². The molecule has 0 aliphatic carbocycles. The Balaban J connectivity index is 2.02. The van der Waals surface area contributed by atoms with Crippen LogP contribution in [0.15, 0.2) is 30.3 Å². The van der Waals surface area contributed by atoms with Crippen molar-refractivity contribution in [2.24, 2.45) is 0 Å². The summed E-state index contributed by atoms with van der Waals surface area (Å²) < 4.78 is 9.24. The van der Waals surface area contributed by atoms with Crippen LogP contribution in [0, 0.1) is 0 Å². The first-order valence-corrected chi connectivity index (χ1v) is 5.88. The molecule has 0 fully saturated rings. The summed E-state index contributed by atoms with van der Waals surface area (Å²) in [6.07, 6.45) is 0. The quantitative estimate of drug-likeness (QED) is 0.927. The van der Waals surface area contributed by atoms with Crippen LogP contribution >= 0.6 is 23.1 Å². The molecule has 0 aliphatic heterocycles. The second kappa shape index (κ2) is 5.16. The summed E-state index contributed by atoms with van der Waals surface area (Å²) in [6.45, 7) is 0.259. The van der Waals surface area contributed by atoms with Gasteiger partial charge >= 0.3 is 5.97 Å². The number of para-hydroxylation sites is 1. The summed E-state index contributed by atoms with van der Waals surface area (Å²) in [5.74, 6) is -0.468. The van der Waals surface area contributed by atoms with Gasteiger partial charge in [0.2, 0.25) is 0 Å². The van der Waals surface area contributed by atoms with Crippen LogP contribution in [0.5, 0.6) is 5.75 Å². The van der Waals surface area contributed by atoms with E-state index in [4.69, 9.17) is 21.4 Å². The average Bonchev–Trinajstić information content (AvgIpc) is 2.77. The van der Waals surface area contributed by atoms with E-state index < -0.39 is 5.97 Å². The molecule has 0 amide bonds. The Labute approximate surface area is 107 Å². The van der Waals surface area contributed by atoms with E-state index in [2.05, 4.69) is 4.37 Å². The van der Waals surface area contributed by atoms with E-state index in [-0.39, 0.29) is 12.3 Å². The van der Waals surface area contributed by atoms with E-state index >= 15 is 0 Å². The Morgan fingerprint density at radius 1 is 1.47 bits per heavy atom. The highest BCUT2D eigenvalue weighted by atomic mass is 35.5. The van der Waals surface area contributed by atoms with E-state index in [0.29, 0.717) is 10.8 Å².